The van der Waals surface area contributed by atoms with E-state index in [1.807, 2.05) is 0 Å². The maximum absolute atomic E-state index is 13.9. The standard InChI is InChI=1S/C18H13F17N2O2.CHF3O3S/c19-11(20,3-7-37-5-1-9(2-6-37)10(39)36-4-8-38)12(21,22)13(23,24)14(25,26)15(27,28)16(29,30)17(31,32)18(33,34)35;2-1(3,4)8(5,6)7/h1-2,5-6,38H,3-4,7-8H2;(H,5,6,7). The Hall–Kier alpha value is -2.91. The second-order valence-electron chi connectivity index (χ2n) is 8.60. The molecule has 0 radical (unpaired) electrons. The SMILES string of the molecule is O=C(NCCO)c1cc[n+](CCC(F)(F)C(F)(F)C(F)(F)C(F)(F)C(F)(F)C(F)(F)C(F)(F)C(F)(F)F)cc1.O=S(=O)([O-])C(F)(F)F. The second kappa shape index (κ2) is 13.5. The van der Waals surface area contributed by atoms with Crippen molar-refractivity contribution in [2.45, 2.75) is 66.1 Å². The van der Waals surface area contributed by atoms with E-state index in [1.165, 1.54) is 0 Å². The first-order valence-electron chi connectivity index (χ1n) is 11.0. The number of carbonyl (C=O) groups is 1. The van der Waals surface area contributed by atoms with E-state index in [-0.39, 0.29) is 12.1 Å². The average Bonchev–Trinajstić information content (AvgIpc) is 2.88. The molecule has 0 aliphatic rings. The number of hydrogen-bond acceptors (Lipinski definition) is 5. The molecule has 47 heavy (non-hydrogen) atoms. The lowest BCUT2D eigenvalue weighted by Crippen LogP contribution is -2.74. The van der Waals surface area contributed by atoms with Crippen LogP contribution in [0.5, 0.6) is 0 Å². The van der Waals surface area contributed by atoms with Crippen LogP contribution in [0.1, 0.15) is 16.8 Å². The van der Waals surface area contributed by atoms with Crippen molar-refractivity contribution in [1.82, 2.24) is 5.32 Å². The van der Waals surface area contributed by atoms with Gasteiger partial charge in [0.1, 0.15) is 0 Å². The third kappa shape index (κ3) is 8.40. The summed E-state index contributed by atoms with van der Waals surface area (Å²) in [7, 11) is -6.09. The number of nitrogens with zero attached hydrogens (tertiary/aromatic N) is 1. The van der Waals surface area contributed by atoms with Crippen molar-refractivity contribution in [3.63, 3.8) is 0 Å². The maximum Gasteiger partial charge on any atom is 0.485 e. The van der Waals surface area contributed by atoms with Gasteiger partial charge < -0.3 is 15.0 Å². The van der Waals surface area contributed by atoms with E-state index in [4.69, 9.17) is 18.1 Å². The van der Waals surface area contributed by atoms with Crippen molar-refractivity contribution in [2.24, 2.45) is 0 Å². The first-order valence-corrected chi connectivity index (χ1v) is 12.4. The van der Waals surface area contributed by atoms with Crippen molar-refractivity contribution >= 4 is 16.0 Å². The molecule has 0 aromatic carbocycles. The fourth-order valence-electron chi connectivity index (χ4n) is 2.65. The van der Waals surface area contributed by atoms with Crippen LogP contribution in [0.2, 0.25) is 0 Å². The van der Waals surface area contributed by atoms with Gasteiger partial charge in [-0.25, -0.2) is 13.0 Å². The van der Waals surface area contributed by atoms with Gasteiger partial charge in [-0.1, -0.05) is 0 Å². The van der Waals surface area contributed by atoms with E-state index >= 15 is 0 Å². The lowest BCUT2D eigenvalue weighted by molar-refractivity contribution is -0.700. The van der Waals surface area contributed by atoms with E-state index in [0.29, 0.717) is 17.0 Å². The van der Waals surface area contributed by atoms with Gasteiger partial charge in [-0.15, -0.1) is 0 Å². The van der Waals surface area contributed by atoms with Gasteiger partial charge in [0, 0.05) is 18.7 Å². The van der Waals surface area contributed by atoms with Crippen LogP contribution in [0.15, 0.2) is 24.5 Å². The Morgan fingerprint density at radius 3 is 1.34 bits per heavy atom. The van der Waals surface area contributed by atoms with Crippen LogP contribution in [-0.2, 0) is 16.7 Å². The molecule has 0 fully saturated rings. The van der Waals surface area contributed by atoms with Crippen LogP contribution < -0.4 is 9.88 Å². The summed E-state index contributed by atoms with van der Waals surface area (Å²) in [4.78, 5) is 11.6. The fraction of sp³-hybridized carbons (Fsp3) is 0.684. The van der Waals surface area contributed by atoms with Gasteiger partial charge in [0.15, 0.2) is 29.1 Å². The van der Waals surface area contributed by atoms with Crippen LogP contribution in [-0.4, -0.2) is 90.3 Å². The number of aliphatic hydroxyl groups is 1. The van der Waals surface area contributed by atoms with Crippen molar-refractivity contribution in [1.29, 1.82) is 0 Å². The normalized spacial score (nSPS) is 14.8. The predicted molar refractivity (Wildman–Crippen MR) is 107 cm³/mol. The Morgan fingerprint density at radius 1 is 0.681 bits per heavy atom. The number of carbonyl (C=O) groups excluding carboxylic acids is 1. The number of halogens is 20. The Balaban J connectivity index is 0.00000233. The lowest BCUT2D eigenvalue weighted by Gasteiger charge is -2.42. The largest absolute Gasteiger partial charge is 0.741 e. The number of rotatable bonds is 12. The maximum atomic E-state index is 13.9. The zero-order chi connectivity index (χ0) is 38.1. The molecule has 2 N–H and O–H groups in total. The van der Waals surface area contributed by atoms with E-state index in [9.17, 15) is 92.6 Å². The summed E-state index contributed by atoms with van der Waals surface area (Å²) in [6.45, 7) is -2.27. The van der Waals surface area contributed by atoms with Gasteiger partial charge >= 0.3 is 53.1 Å². The Morgan fingerprint density at radius 2 is 1.02 bits per heavy atom. The molecule has 0 unspecified atom stereocenters. The lowest BCUT2D eigenvalue weighted by atomic mass is 9.88. The number of aliphatic hydroxyl groups excluding tert-OH is 1. The molecule has 1 heterocycles. The zero-order valence-electron chi connectivity index (χ0n) is 21.6. The van der Waals surface area contributed by atoms with Gasteiger partial charge in [0.25, 0.3) is 5.91 Å². The summed E-state index contributed by atoms with van der Waals surface area (Å²) >= 11 is 0. The Kier molecular flexibility index (Phi) is 12.7. The molecule has 0 bridgehead atoms. The minimum absolute atomic E-state index is 0.234. The minimum Gasteiger partial charge on any atom is -0.741 e. The van der Waals surface area contributed by atoms with E-state index in [2.05, 4.69) is 5.32 Å². The molecule has 276 valence electrons. The van der Waals surface area contributed by atoms with E-state index in [0.717, 1.165) is 12.1 Å². The molecule has 0 spiro atoms. The third-order valence-corrected chi connectivity index (χ3v) is 5.87. The summed E-state index contributed by atoms with van der Waals surface area (Å²) in [6.07, 6.45) is -9.09. The highest BCUT2D eigenvalue weighted by Gasteiger charge is 2.95. The molecular formula is C19H14F20N2O5S. The first kappa shape index (κ1) is 44.1. The van der Waals surface area contributed by atoms with Crippen LogP contribution >= 0.6 is 0 Å². The van der Waals surface area contributed by atoms with Gasteiger partial charge in [-0.05, 0) is 0 Å². The molecule has 0 aliphatic heterocycles. The molecule has 7 nitrogen and oxygen atoms in total. The molecule has 1 rings (SSSR count). The molecule has 0 saturated heterocycles. The van der Waals surface area contributed by atoms with Crippen molar-refractivity contribution in [3.05, 3.63) is 30.1 Å². The monoisotopic (exact) mass is 762 g/mol. The highest BCUT2D eigenvalue weighted by Crippen LogP contribution is 2.64. The number of pyridine rings is 1. The topological polar surface area (TPSA) is 110 Å². The van der Waals surface area contributed by atoms with Crippen molar-refractivity contribution in [2.75, 3.05) is 13.2 Å². The van der Waals surface area contributed by atoms with Crippen LogP contribution in [0.3, 0.4) is 0 Å². The molecular weight excluding hydrogens is 748 g/mol. The summed E-state index contributed by atoms with van der Waals surface area (Å²) in [6, 6.07) is 1.63. The number of alkyl halides is 20. The molecule has 1 aromatic heterocycles. The van der Waals surface area contributed by atoms with Crippen molar-refractivity contribution < 1.29 is 115 Å². The number of nitrogens with one attached hydrogen (secondary N) is 1. The van der Waals surface area contributed by atoms with Gasteiger partial charge in [0.2, 0.25) is 0 Å². The highest BCUT2D eigenvalue weighted by molar-refractivity contribution is 7.86. The first-order chi connectivity index (χ1) is 20.4. The van der Waals surface area contributed by atoms with Gasteiger partial charge in [-0.3, -0.25) is 4.79 Å². The average molecular weight is 762 g/mol. The summed E-state index contributed by atoms with van der Waals surface area (Å²) < 4.78 is 285. The quantitative estimate of drug-likeness (QED) is 0.133. The molecule has 1 amide bonds. The summed E-state index contributed by atoms with van der Waals surface area (Å²) in [5.74, 6) is -57.4. The second-order valence-corrected chi connectivity index (χ2v) is 9.97. The van der Waals surface area contributed by atoms with Crippen LogP contribution in [0.25, 0.3) is 0 Å². The predicted octanol–water partition coefficient (Wildman–Crippen LogP) is 5.15. The number of amides is 1. The Labute approximate surface area is 246 Å². The van der Waals surface area contributed by atoms with Gasteiger partial charge in [0.05, 0.1) is 18.6 Å². The zero-order valence-corrected chi connectivity index (χ0v) is 22.4. The van der Waals surface area contributed by atoms with Crippen molar-refractivity contribution in [3.8, 4) is 0 Å². The van der Waals surface area contributed by atoms with E-state index < -0.39 is 88.7 Å². The smallest absolute Gasteiger partial charge is 0.485 e. The van der Waals surface area contributed by atoms with Crippen LogP contribution in [0.4, 0.5) is 87.8 Å². The number of aryl methyl sites for hydroxylation is 1. The highest BCUT2D eigenvalue weighted by atomic mass is 32.2. The van der Waals surface area contributed by atoms with E-state index in [1.54, 1.807) is 0 Å². The molecule has 0 aliphatic carbocycles. The number of aromatic nitrogens is 1. The summed E-state index contributed by atoms with van der Waals surface area (Å²) in [5.41, 5.74) is -5.88. The van der Waals surface area contributed by atoms with Crippen LogP contribution in [0, 0.1) is 0 Å². The fourth-order valence-corrected chi connectivity index (χ4v) is 2.65. The Bertz CT molecular complexity index is 1330. The van der Waals surface area contributed by atoms with Gasteiger partial charge in [-0.2, -0.15) is 87.8 Å². The molecule has 0 saturated carbocycles. The number of hydrogen-bond donors (Lipinski definition) is 2. The summed E-state index contributed by atoms with van der Waals surface area (Å²) in [5, 5.41) is 10.7. The molecule has 0 atom stereocenters. The molecule has 28 heteroatoms. The third-order valence-electron chi connectivity index (χ3n) is 5.31. The molecule has 1 aromatic rings. The minimum atomic E-state index is -8.66.